The summed E-state index contributed by atoms with van der Waals surface area (Å²) in [5.41, 5.74) is 3.02. The number of aryl methyl sites for hydroxylation is 1. The molecule has 1 heterocycles. The number of anilines is 1. The van der Waals surface area contributed by atoms with E-state index >= 15 is 0 Å². The number of halogens is 1. The summed E-state index contributed by atoms with van der Waals surface area (Å²) in [7, 11) is -1.62. The van der Waals surface area contributed by atoms with Crippen LogP contribution in [0.4, 0.5) is 10.1 Å². The number of carbonyl (C=O) groups is 2. The number of fused-ring (bicyclic) bond motifs is 2. The van der Waals surface area contributed by atoms with Crippen molar-refractivity contribution >= 4 is 28.3 Å². The number of nitrogens with zero attached hydrogens (tertiary/aromatic N) is 1. The molecule has 0 bridgehead atoms. The molecule has 192 valence electrons. The largest absolute Gasteiger partial charge is 0.350 e. The third kappa shape index (κ3) is 5.43. The van der Waals surface area contributed by atoms with Crippen molar-refractivity contribution < 1.29 is 18.2 Å². The molecule has 2 atom stereocenters. The Morgan fingerprint density at radius 2 is 1.61 bits per heavy atom. The van der Waals surface area contributed by atoms with Crippen molar-refractivity contribution in [2.45, 2.75) is 42.1 Å². The van der Waals surface area contributed by atoms with Gasteiger partial charge in [0.25, 0.3) is 11.8 Å². The van der Waals surface area contributed by atoms with E-state index in [9.17, 15) is 18.2 Å². The molecule has 38 heavy (non-hydrogen) atoms. The number of nitrogens with one attached hydrogen (secondary N) is 1. The Labute approximate surface area is 223 Å². The van der Waals surface area contributed by atoms with Crippen LogP contribution in [0.3, 0.4) is 0 Å². The minimum Gasteiger partial charge on any atom is -0.350 e. The molecule has 2 amide bonds. The van der Waals surface area contributed by atoms with Crippen LogP contribution in [0.2, 0.25) is 0 Å². The lowest BCUT2D eigenvalue weighted by atomic mass is 10.1. The Kier molecular flexibility index (Phi) is 7.47. The Morgan fingerprint density at radius 1 is 0.895 bits per heavy atom. The number of benzene rings is 4. The van der Waals surface area contributed by atoms with E-state index in [4.69, 9.17) is 0 Å². The molecule has 0 saturated carbocycles. The van der Waals surface area contributed by atoms with Crippen molar-refractivity contribution in [3.63, 3.8) is 0 Å². The third-order valence-electron chi connectivity index (χ3n) is 6.61. The van der Waals surface area contributed by atoms with Crippen molar-refractivity contribution in [3.05, 3.63) is 125 Å². The molecule has 0 saturated heterocycles. The van der Waals surface area contributed by atoms with E-state index in [1.807, 2.05) is 25.1 Å². The molecule has 0 spiro atoms. The lowest BCUT2D eigenvalue weighted by Crippen LogP contribution is -2.33. The highest BCUT2D eigenvalue weighted by Gasteiger charge is 2.31. The number of rotatable bonds is 7. The van der Waals surface area contributed by atoms with Crippen LogP contribution in [0.25, 0.3) is 0 Å². The SMILES string of the molecule is C[C@@H](CCc1ccccc1)NC(=O)c1ccc2c(c1)N(Cc1ccc(F)cc1)C(=O)c1ccccc1[S@@]2=O. The topological polar surface area (TPSA) is 66.5 Å². The number of hydrogen-bond acceptors (Lipinski definition) is 3. The molecule has 1 aliphatic rings. The maximum atomic E-state index is 13.7. The number of hydrogen-bond donors (Lipinski definition) is 1. The lowest BCUT2D eigenvalue weighted by Gasteiger charge is -2.24. The van der Waals surface area contributed by atoms with Crippen LogP contribution in [0.5, 0.6) is 0 Å². The van der Waals surface area contributed by atoms with Gasteiger partial charge in [-0.1, -0.05) is 54.6 Å². The van der Waals surface area contributed by atoms with Crippen LogP contribution < -0.4 is 10.2 Å². The van der Waals surface area contributed by atoms with Crippen LogP contribution in [-0.2, 0) is 23.8 Å². The summed E-state index contributed by atoms with van der Waals surface area (Å²) in [6, 6.07) is 27.7. The predicted molar refractivity (Wildman–Crippen MR) is 146 cm³/mol. The molecule has 7 heteroatoms. The van der Waals surface area contributed by atoms with E-state index in [-0.39, 0.29) is 30.2 Å². The Morgan fingerprint density at radius 3 is 2.37 bits per heavy atom. The first-order valence-corrected chi connectivity index (χ1v) is 13.6. The van der Waals surface area contributed by atoms with Crippen LogP contribution in [-0.4, -0.2) is 22.1 Å². The summed E-state index contributed by atoms with van der Waals surface area (Å²) >= 11 is 0. The molecule has 4 aromatic carbocycles. The molecule has 5 nitrogen and oxygen atoms in total. The van der Waals surface area contributed by atoms with Crippen LogP contribution in [0.15, 0.2) is 107 Å². The van der Waals surface area contributed by atoms with Crippen molar-refractivity contribution in [2.75, 3.05) is 4.90 Å². The van der Waals surface area contributed by atoms with Gasteiger partial charge in [-0.25, -0.2) is 8.60 Å². The second kappa shape index (κ2) is 11.1. The van der Waals surface area contributed by atoms with Gasteiger partial charge in [-0.05, 0) is 73.4 Å². The minimum absolute atomic E-state index is 0.0724. The maximum Gasteiger partial charge on any atom is 0.259 e. The molecular formula is C31H27FN2O3S. The summed E-state index contributed by atoms with van der Waals surface area (Å²) in [5, 5.41) is 3.04. The molecule has 0 aromatic heterocycles. The van der Waals surface area contributed by atoms with Gasteiger partial charge in [0.05, 0.1) is 38.4 Å². The second-order valence-corrected chi connectivity index (χ2v) is 10.8. The summed E-state index contributed by atoms with van der Waals surface area (Å²) in [6.45, 7) is 2.09. The van der Waals surface area contributed by atoms with Crippen molar-refractivity contribution in [1.29, 1.82) is 0 Å². The van der Waals surface area contributed by atoms with E-state index in [1.165, 1.54) is 22.6 Å². The van der Waals surface area contributed by atoms with Crippen molar-refractivity contribution in [3.8, 4) is 0 Å². The zero-order chi connectivity index (χ0) is 26.6. The molecule has 1 aliphatic heterocycles. The first-order valence-electron chi connectivity index (χ1n) is 12.5. The first kappa shape index (κ1) is 25.5. The molecular weight excluding hydrogens is 499 g/mol. The van der Waals surface area contributed by atoms with Crippen LogP contribution in [0, 0.1) is 5.82 Å². The normalized spacial score (nSPS) is 15.3. The van der Waals surface area contributed by atoms with Gasteiger partial charge in [0, 0.05) is 11.6 Å². The fraction of sp³-hybridized carbons (Fsp3) is 0.161. The van der Waals surface area contributed by atoms with E-state index in [1.54, 1.807) is 54.6 Å². The third-order valence-corrected chi connectivity index (χ3v) is 8.11. The van der Waals surface area contributed by atoms with Gasteiger partial charge >= 0.3 is 0 Å². The van der Waals surface area contributed by atoms with Gasteiger partial charge in [-0.2, -0.15) is 0 Å². The van der Waals surface area contributed by atoms with E-state index < -0.39 is 10.8 Å². The van der Waals surface area contributed by atoms with Gasteiger partial charge in [-0.3, -0.25) is 9.59 Å². The Balaban J connectivity index is 1.45. The molecule has 0 aliphatic carbocycles. The number of carbonyl (C=O) groups excluding carboxylic acids is 2. The highest BCUT2D eigenvalue weighted by Crippen LogP contribution is 2.36. The molecule has 5 rings (SSSR count). The quantitative estimate of drug-likeness (QED) is 0.326. The zero-order valence-corrected chi connectivity index (χ0v) is 21.7. The fourth-order valence-corrected chi connectivity index (χ4v) is 5.89. The Hall–Kier alpha value is -4.10. The van der Waals surface area contributed by atoms with Crippen LogP contribution >= 0.6 is 0 Å². The second-order valence-electron chi connectivity index (χ2n) is 9.36. The zero-order valence-electron chi connectivity index (χ0n) is 20.9. The number of amides is 2. The summed E-state index contributed by atoms with van der Waals surface area (Å²) < 4.78 is 27.1. The molecule has 1 N–H and O–H groups in total. The Bertz CT molecular complexity index is 1510. The maximum absolute atomic E-state index is 13.7. The monoisotopic (exact) mass is 526 g/mol. The predicted octanol–water partition coefficient (Wildman–Crippen LogP) is 5.90. The van der Waals surface area contributed by atoms with Crippen LogP contribution in [0.1, 0.15) is 45.2 Å². The van der Waals surface area contributed by atoms with Gasteiger partial charge in [0.2, 0.25) is 0 Å². The minimum atomic E-state index is -1.62. The lowest BCUT2D eigenvalue weighted by molar-refractivity contribution is 0.0935. The summed E-state index contributed by atoms with van der Waals surface area (Å²) in [5.74, 6) is -0.968. The molecule has 4 aromatic rings. The highest BCUT2D eigenvalue weighted by atomic mass is 32.2. The standard InChI is InChI=1S/C31H27FN2O3S/c1-21(11-12-22-7-3-2-4-8-22)33-30(35)24-15-18-29-27(19-24)34(20-23-13-16-25(32)17-14-23)31(36)26-9-5-6-10-28(26)38(29)37/h2-10,13-19,21H,11-12,20H2,1H3,(H,33,35)/t21-,38-/m0/s1. The highest BCUT2D eigenvalue weighted by molar-refractivity contribution is 7.85. The average Bonchev–Trinajstić information content (AvgIpc) is 3.03. The van der Waals surface area contributed by atoms with Crippen molar-refractivity contribution in [2.24, 2.45) is 0 Å². The molecule has 0 fully saturated rings. The van der Waals surface area contributed by atoms with Gasteiger partial charge < -0.3 is 10.2 Å². The van der Waals surface area contributed by atoms with E-state index in [0.29, 0.717) is 32.2 Å². The van der Waals surface area contributed by atoms with E-state index in [2.05, 4.69) is 17.4 Å². The van der Waals surface area contributed by atoms with Gasteiger partial charge in [-0.15, -0.1) is 0 Å². The first-order chi connectivity index (χ1) is 18.4. The van der Waals surface area contributed by atoms with Crippen molar-refractivity contribution in [1.82, 2.24) is 5.32 Å². The van der Waals surface area contributed by atoms with Gasteiger partial charge in [0.1, 0.15) is 5.82 Å². The molecule has 0 radical (unpaired) electrons. The molecule has 0 unspecified atom stereocenters. The fourth-order valence-electron chi connectivity index (χ4n) is 4.54. The smallest absolute Gasteiger partial charge is 0.259 e. The van der Waals surface area contributed by atoms with Gasteiger partial charge in [0.15, 0.2) is 0 Å². The van der Waals surface area contributed by atoms with E-state index in [0.717, 1.165) is 12.8 Å². The summed E-state index contributed by atoms with van der Waals surface area (Å²) in [4.78, 5) is 29.3. The summed E-state index contributed by atoms with van der Waals surface area (Å²) in [6.07, 6.45) is 1.61. The average molecular weight is 527 g/mol.